The number of carboxylic acid groups (broad SMARTS) is 1. The third-order valence-corrected chi connectivity index (χ3v) is 3.83. The summed E-state index contributed by atoms with van der Waals surface area (Å²) in [6.45, 7) is 0.604. The molecule has 1 aliphatic heterocycles. The number of halogens is 1. The van der Waals surface area contributed by atoms with Crippen LogP contribution in [-0.4, -0.2) is 32.2 Å². The lowest BCUT2D eigenvalue weighted by Crippen LogP contribution is -2.21. The average Bonchev–Trinajstić information content (AvgIpc) is 3.02. The molecule has 0 bridgehead atoms. The molecule has 1 aromatic heterocycles. The minimum absolute atomic E-state index is 0.0309. The Bertz CT molecular complexity index is 671. The summed E-state index contributed by atoms with van der Waals surface area (Å²) >= 11 is 3.45. The van der Waals surface area contributed by atoms with Gasteiger partial charge < -0.3 is 9.84 Å². The van der Waals surface area contributed by atoms with E-state index in [1.54, 1.807) is 10.9 Å². The lowest BCUT2D eigenvalue weighted by Gasteiger charge is -2.09. The van der Waals surface area contributed by atoms with Gasteiger partial charge in [-0.15, -0.1) is 5.10 Å². The summed E-state index contributed by atoms with van der Waals surface area (Å²) < 4.78 is 8.62. The van der Waals surface area contributed by atoms with E-state index in [9.17, 15) is 4.79 Å². The fraction of sp³-hybridized carbons (Fsp3) is 0.357. The standard InChI is InChI=1S/C14H14BrN3O3/c15-10-1-3-13-9(5-10)6-12(21-13)8-18-7-11(16-17-18)2-4-14(19)20/h1,3,5,7,12H,2,4,6,8H2,(H,19,20). The number of benzene rings is 1. The molecule has 2 heterocycles. The van der Waals surface area contributed by atoms with Gasteiger partial charge in [0, 0.05) is 23.5 Å². The number of ether oxygens (including phenoxy) is 1. The van der Waals surface area contributed by atoms with E-state index in [1.807, 2.05) is 12.1 Å². The SMILES string of the molecule is O=C(O)CCc1cn(CC2Cc3cc(Br)ccc3O2)nn1. The highest BCUT2D eigenvalue weighted by molar-refractivity contribution is 9.10. The number of nitrogens with zero attached hydrogens (tertiary/aromatic N) is 3. The second kappa shape index (κ2) is 5.85. The number of carbonyl (C=O) groups is 1. The van der Waals surface area contributed by atoms with E-state index in [4.69, 9.17) is 9.84 Å². The smallest absolute Gasteiger partial charge is 0.303 e. The maximum absolute atomic E-state index is 10.5. The normalized spacial score (nSPS) is 16.5. The van der Waals surface area contributed by atoms with E-state index in [0.29, 0.717) is 18.7 Å². The predicted octanol–water partition coefficient (Wildman–Crippen LogP) is 2.06. The summed E-state index contributed by atoms with van der Waals surface area (Å²) in [7, 11) is 0. The van der Waals surface area contributed by atoms with Crippen molar-refractivity contribution in [2.45, 2.75) is 31.9 Å². The van der Waals surface area contributed by atoms with Crippen molar-refractivity contribution in [1.82, 2.24) is 15.0 Å². The molecule has 0 saturated carbocycles. The van der Waals surface area contributed by atoms with Crippen LogP contribution in [-0.2, 0) is 24.2 Å². The van der Waals surface area contributed by atoms with Gasteiger partial charge in [-0.25, -0.2) is 4.68 Å². The molecule has 110 valence electrons. The quantitative estimate of drug-likeness (QED) is 0.891. The van der Waals surface area contributed by atoms with Gasteiger partial charge in [0.1, 0.15) is 11.9 Å². The van der Waals surface area contributed by atoms with E-state index in [1.165, 1.54) is 5.56 Å². The number of hydrogen-bond donors (Lipinski definition) is 1. The van der Waals surface area contributed by atoms with Gasteiger partial charge in [0.25, 0.3) is 0 Å². The molecular formula is C14H14BrN3O3. The van der Waals surface area contributed by atoms with E-state index >= 15 is 0 Å². The summed E-state index contributed by atoms with van der Waals surface area (Å²) in [5.74, 6) is 0.0825. The zero-order valence-electron chi connectivity index (χ0n) is 11.2. The molecule has 0 radical (unpaired) electrons. The van der Waals surface area contributed by atoms with Crippen LogP contribution in [0.25, 0.3) is 0 Å². The molecule has 1 unspecified atom stereocenters. The molecule has 0 fully saturated rings. The zero-order chi connectivity index (χ0) is 14.8. The van der Waals surface area contributed by atoms with Crippen LogP contribution in [0.2, 0.25) is 0 Å². The molecule has 2 aromatic rings. The molecule has 6 nitrogen and oxygen atoms in total. The number of carboxylic acids is 1. The Labute approximate surface area is 129 Å². The van der Waals surface area contributed by atoms with Gasteiger partial charge in [-0.05, 0) is 23.8 Å². The highest BCUT2D eigenvalue weighted by atomic mass is 79.9. The van der Waals surface area contributed by atoms with Gasteiger partial charge in [0.15, 0.2) is 0 Å². The first-order valence-corrected chi connectivity index (χ1v) is 7.45. The maximum atomic E-state index is 10.5. The maximum Gasteiger partial charge on any atom is 0.303 e. The number of aliphatic carboxylic acids is 1. The molecule has 1 aromatic carbocycles. The van der Waals surface area contributed by atoms with Crippen molar-refractivity contribution in [3.8, 4) is 5.75 Å². The zero-order valence-corrected chi connectivity index (χ0v) is 12.8. The molecule has 0 aliphatic carbocycles. The van der Waals surface area contributed by atoms with Crippen molar-refractivity contribution in [2.24, 2.45) is 0 Å². The Hall–Kier alpha value is -1.89. The lowest BCUT2D eigenvalue weighted by atomic mass is 10.1. The Kier molecular flexibility index (Phi) is 3.92. The molecule has 0 saturated heterocycles. The Balaban J connectivity index is 1.60. The van der Waals surface area contributed by atoms with Crippen molar-refractivity contribution in [3.63, 3.8) is 0 Å². The molecular weight excluding hydrogens is 338 g/mol. The van der Waals surface area contributed by atoms with Crippen LogP contribution in [0.3, 0.4) is 0 Å². The van der Waals surface area contributed by atoms with Crippen LogP contribution >= 0.6 is 15.9 Å². The number of aryl methyl sites for hydroxylation is 1. The van der Waals surface area contributed by atoms with Crippen LogP contribution in [0.4, 0.5) is 0 Å². The summed E-state index contributed by atoms with van der Waals surface area (Å²) in [6.07, 6.45) is 3.11. The van der Waals surface area contributed by atoms with Crippen molar-refractivity contribution in [2.75, 3.05) is 0 Å². The Morgan fingerprint density at radius 2 is 2.38 bits per heavy atom. The molecule has 1 aliphatic rings. The molecule has 21 heavy (non-hydrogen) atoms. The average molecular weight is 352 g/mol. The van der Waals surface area contributed by atoms with Gasteiger partial charge >= 0.3 is 5.97 Å². The minimum atomic E-state index is -0.829. The summed E-state index contributed by atoms with van der Waals surface area (Å²) in [4.78, 5) is 10.5. The van der Waals surface area contributed by atoms with Crippen LogP contribution in [0.15, 0.2) is 28.9 Å². The van der Waals surface area contributed by atoms with E-state index in [0.717, 1.165) is 16.6 Å². The van der Waals surface area contributed by atoms with E-state index < -0.39 is 5.97 Å². The Morgan fingerprint density at radius 1 is 1.52 bits per heavy atom. The molecule has 0 spiro atoms. The third kappa shape index (κ3) is 3.41. The van der Waals surface area contributed by atoms with E-state index in [2.05, 4.69) is 32.3 Å². The van der Waals surface area contributed by atoms with Gasteiger partial charge in [0.05, 0.1) is 18.7 Å². The van der Waals surface area contributed by atoms with Gasteiger partial charge in [-0.2, -0.15) is 0 Å². The van der Waals surface area contributed by atoms with Gasteiger partial charge in [0.2, 0.25) is 0 Å². The fourth-order valence-corrected chi connectivity index (χ4v) is 2.79. The van der Waals surface area contributed by atoms with Crippen LogP contribution in [0.1, 0.15) is 17.7 Å². The second-order valence-corrected chi connectivity index (χ2v) is 5.94. The van der Waals surface area contributed by atoms with Crippen LogP contribution < -0.4 is 4.74 Å². The summed E-state index contributed by atoms with van der Waals surface area (Å²) in [5, 5.41) is 16.7. The number of fused-ring (bicyclic) bond motifs is 1. The fourth-order valence-electron chi connectivity index (χ4n) is 2.38. The van der Waals surface area contributed by atoms with Gasteiger partial charge in [-0.3, -0.25) is 4.79 Å². The summed E-state index contributed by atoms with van der Waals surface area (Å²) in [6, 6.07) is 5.98. The molecule has 7 heteroatoms. The van der Waals surface area contributed by atoms with E-state index in [-0.39, 0.29) is 12.5 Å². The second-order valence-electron chi connectivity index (χ2n) is 5.02. The molecule has 3 rings (SSSR count). The largest absolute Gasteiger partial charge is 0.488 e. The first-order valence-electron chi connectivity index (χ1n) is 6.66. The molecule has 0 amide bonds. The number of aromatic nitrogens is 3. The first kappa shape index (κ1) is 14.1. The first-order chi connectivity index (χ1) is 10.1. The highest BCUT2D eigenvalue weighted by Gasteiger charge is 2.23. The molecule has 1 atom stereocenters. The van der Waals surface area contributed by atoms with Crippen molar-refractivity contribution >= 4 is 21.9 Å². The number of rotatable bonds is 5. The topological polar surface area (TPSA) is 77.2 Å². The van der Waals surface area contributed by atoms with Crippen LogP contribution in [0, 0.1) is 0 Å². The van der Waals surface area contributed by atoms with Crippen molar-refractivity contribution in [1.29, 1.82) is 0 Å². The Morgan fingerprint density at radius 3 is 3.19 bits per heavy atom. The minimum Gasteiger partial charge on any atom is -0.488 e. The third-order valence-electron chi connectivity index (χ3n) is 3.34. The number of hydrogen-bond acceptors (Lipinski definition) is 4. The lowest BCUT2D eigenvalue weighted by molar-refractivity contribution is -0.136. The van der Waals surface area contributed by atoms with Gasteiger partial charge in [-0.1, -0.05) is 21.1 Å². The predicted molar refractivity (Wildman–Crippen MR) is 78.2 cm³/mol. The highest BCUT2D eigenvalue weighted by Crippen LogP contribution is 2.31. The monoisotopic (exact) mass is 351 g/mol. The molecule has 1 N–H and O–H groups in total. The van der Waals surface area contributed by atoms with Crippen molar-refractivity contribution < 1.29 is 14.6 Å². The summed E-state index contributed by atoms with van der Waals surface area (Å²) in [5.41, 5.74) is 1.87. The van der Waals surface area contributed by atoms with Crippen LogP contribution in [0.5, 0.6) is 5.75 Å². The van der Waals surface area contributed by atoms with Crippen molar-refractivity contribution in [3.05, 3.63) is 40.1 Å².